The minimum atomic E-state index is -2.99. The molecule has 8 heteroatoms. The molecule has 0 aromatic heterocycles. The molecular formula is C19H32FN3O3S. The van der Waals surface area contributed by atoms with Crippen molar-refractivity contribution < 1.29 is 17.5 Å². The van der Waals surface area contributed by atoms with Crippen molar-refractivity contribution in [1.82, 2.24) is 10.2 Å². The molecule has 0 aliphatic rings. The highest BCUT2D eigenvalue weighted by Gasteiger charge is 2.20. The highest BCUT2D eigenvalue weighted by Crippen LogP contribution is 2.22. The first-order valence-electron chi connectivity index (χ1n) is 8.97. The summed E-state index contributed by atoms with van der Waals surface area (Å²) < 4.78 is 41.7. The number of hydrogen-bond acceptors (Lipinski definition) is 4. The van der Waals surface area contributed by atoms with Gasteiger partial charge < -0.3 is 15.0 Å². The Morgan fingerprint density at radius 2 is 2.04 bits per heavy atom. The Labute approximate surface area is 162 Å². The number of guanidine groups is 1. The zero-order valence-corrected chi connectivity index (χ0v) is 18.0. The molecule has 0 atom stereocenters. The quantitative estimate of drug-likeness (QED) is 0.509. The minimum absolute atomic E-state index is 0.146. The Balaban J connectivity index is 2.83. The van der Waals surface area contributed by atoms with E-state index in [-0.39, 0.29) is 16.9 Å². The number of methoxy groups -OCH3 is 1. The van der Waals surface area contributed by atoms with Crippen LogP contribution in [0.15, 0.2) is 23.2 Å². The largest absolute Gasteiger partial charge is 0.494 e. The highest BCUT2D eigenvalue weighted by atomic mass is 32.2. The van der Waals surface area contributed by atoms with Crippen LogP contribution in [0.1, 0.15) is 32.8 Å². The fraction of sp³-hybridized carbons (Fsp3) is 0.632. The van der Waals surface area contributed by atoms with Gasteiger partial charge in [-0.15, -0.1) is 0 Å². The number of hydrogen-bond donors (Lipinski definition) is 1. The number of halogens is 1. The predicted octanol–water partition coefficient (Wildman–Crippen LogP) is 2.69. The van der Waals surface area contributed by atoms with Crippen LogP contribution in [0.3, 0.4) is 0 Å². The van der Waals surface area contributed by atoms with Gasteiger partial charge in [-0.25, -0.2) is 12.8 Å². The van der Waals surface area contributed by atoms with Gasteiger partial charge in [0.1, 0.15) is 9.84 Å². The Bertz CT molecular complexity index is 749. The van der Waals surface area contributed by atoms with Gasteiger partial charge in [0.15, 0.2) is 17.5 Å². The van der Waals surface area contributed by atoms with Crippen molar-refractivity contribution in [2.24, 2.45) is 10.4 Å². The van der Waals surface area contributed by atoms with E-state index in [0.29, 0.717) is 32.0 Å². The molecule has 0 spiro atoms. The van der Waals surface area contributed by atoms with E-state index in [1.807, 2.05) is 38.8 Å². The molecule has 0 aliphatic heterocycles. The van der Waals surface area contributed by atoms with E-state index in [1.54, 1.807) is 6.07 Å². The maximum Gasteiger partial charge on any atom is 0.193 e. The smallest absolute Gasteiger partial charge is 0.193 e. The molecule has 0 fully saturated rings. The van der Waals surface area contributed by atoms with Crippen molar-refractivity contribution in [1.29, 1.82) is 0 Å². The lowest BCUT2D eigenvalue weighted by Gasteiger charge is -2.26. The van der Waals surface area contributed by atoms with Crippen molar-refractivity contribution in [3.05, 3.63) is 29.6 Å². The van der Waals surface area contributed by atoms with Crippen molar-refractivity contribution in [3.63, 3.8) is 0 Å². The second-order valence-electron chi connectivity index (χ2n) is 7.54. The highest BCUT2D eigenvalue weighted by molar-refractivity contribution is 7.90. The van der Waals surface area contributed by atoms with Gasteiger partial charge >= 0.3 is 0 Å². The van der Waals surface area contributed by atoms with E-state index in [1.165, 1.54) is 19.4 Å². The standard InChI is InChI=1S/C19H32FN3O3S/c1-7-21-18(22-14-19(2,3)10-11-27(6,24)25)23(4)13-15-8-9-17(26-5)16(20)12-15/h8-9,12H,7,10-11,13-14H2,1-6H3,(H,21,22). The van der Waals surface area contributed by atoms with Gasteiger partial charge in [0.25, 0.3) is 0 Å². The van der Waals surface area contributed by atoms with Crippen LogP contribution < -0.4 is 10.1 Å². The molecule has 1 aromatic carbocycles. The summed E-state index contributed by atoms with van der Waals surface area (Å²) in [4.78, 5) is 6.57. The van der Waals surface area contributed by atoms with Crippen LogP contribution in [-0.2, 0) is 16.4 Å². The third kappa shape index (κ3) is 8.60. The first kappa shape index (κ1) is 23.2. The monoisotopic (exact) mass is 401 g/mol. The summed E-state index contributed by atoms with van der Waals surface area (Å²) in [6.07, 6.45) is 1.79. The number of rotatable bonds is 9. The van der Waals surface area contributed by atoms with Crippen LogP contribution in [-0.4, -0.2) is 58.5 Å². The van der Waals surface area contributed by atoms with E-state index in [0.717, 1.165) is 5.56 Å². The molecule has 0 unspecified atom stereocenters. The fourth-order valence-electron chi connectivity index (χ4n) is 2.46. The van der Waals surface area contributed by atoms with Crippen LogP contribution >= 0.6 is 0 Å². The molecule has 1 aromatic rings. The van der Waals surface area contributed by atoms with Crippen LogP contribution in [0, 0.1) is 11.2 Å². The molecule has 154 valence electrons. The lowest BCUT2D eigenvalue weighted by Crippen LogP contribution is -2.39. The van der Waals surface area contributed by atoms with Crippen molar-refractivity contribution in [2.45, 2.75) is 33.7 Å². The molecule has 0 heterocycles. The predicted molar refractivity (Wildman–Crippen MR) is 109 cm³/mol. The van der Waals surface area contributed by atoms with Gasteiger partial charge in [0, 0.05) is 32.9 Å². The summed E-state index contributed by atoms with van der Waals surface area (Å²) in [6.45, 7) is 7.66. The number of aliphatic imine (C=N–C) groups is 1. The normalized spacial score (nSPS) is 12.8. The summed E-state index contributed by atoms with van der Waals surface area (Å²) in [5, 5.41) is 3.22. The molecule has 0 saturated heterocycles. The molecule has 1 N–H and O–H groups in total. The van der Waals surface area contributed by atoms with E-state index in [9.17, 15) is 12.8 Å². The van der Waals surface area contributed by atoms with Crippen molar-refractivity contribution in [2.75, 3.05) is 39.3 Å². The minimum Gasteiger partial charge on any atom is -0.494 e. The molecule has 27 heavy (non-hydrogen) atoms. The number of ether oxygens (including phenoxy) is 1. The van der Waals surface area contributed by atoms with Gasteiger partial charge in [-0.1, -0.05) is 19.9 Å². The average molecular weight is 402 g/mol. The Morgan fingerprint density at radius 3 is 2.56 bits per heavy atom. The van der Waals surface area contributed by atoms with Crippen molar-refractivity contribution >= 4 is 15.8 Å². The van der Waals surface area contributed by atoms with Crippen LogP contribution in [0.4, 0.5) is 4.39 Å². The molecule has 0 aliphatic carbocycles. The molecule has 0 amide bonds. The second-order valence-corrected chi connectivity index (χ2v) is 9.80. The lowest BCUT2D eigenvalue weighted by molar-refractivity contribution is 0.361. The average Bonchev–Trinajstić information content (AvgIpc) is 2.56. The third-order valence-electron chi connectivity index (χ3n) is 4.14. The maximum atomic E-state index is 13.9. The topological polar surface area (TPSA) is 71.0 Å². The number of nitrogens with zero attached hydrogens (tertiary/aromatic N) is 2. The first-order valence-corrected chi connectivity index (χ1v) is 11.0. The lowest BCUT2D eigenvalue weighted by atomic mass is 9.90. The third-order valence-corrected chi connectivity index (χ3v) is 5.08. The zero-order valence-electron chi connectivity index (χ0n) is 17.2. The van der Waals surface area contributed by atoms with Gasteiger partial charge in [-0.05, 0) is 36.5 Å². The summed E-state index contributed by atoms with van der Waals surface area (Å²) in [7, 11) is 0.325. The van der Waals surface area contributed by atoms with Gasteiger partial charge in [0.05, 0.1) is 12.9 Å². The Morgan fingerprint density at radius 1 is 1.37 bits per heavy atom. The van der Waals surface area contributed by atoms with E-state index in [2.05, 4.69) is 10.3 Å². The van der Waals surface area contributed by atoms with E-state index < -0.39 is 15.7 Å². The zero-order chi connectivity index (χ0) is 20.7. The summed E-state index contributed by atoms with van der Waals surface area (Å²) in [6, 6.07) is 4.88. The Hall–Kier alpha value is -1.83. The second kappa shape index (κ2) is 9.92. The first-order chi connectivity index (χ1) is 12.5. The summed E-state index contributed by atoms with van der Waals surface area (Å²) >= 11 is 0. The molecule has 0 radical (unpaired) electrons. The molecule has 6 nitrogen and oxygen atoms in total. The number of sulfone groups is 1. The van der Waals surface area contributed by atoms with Crippen molar-refractivity contribution in [3.8, 4) is 5.75 Å². The fourth-order valence-corrected chi connectivity index (χ4v) is 3.38. The summed E-state index contributed by atoms with van der Waals surface area (Å²) in [5.41, 5.74) is 0.564. The van der Waals surface area contributed by atoms with E-state index >= 15 is 0 Å². The number of nitrogens with one attached hydrogen (secondary N) is 1. The molecule has 1 rings (SSSR count). The Kier molecular flexibility index (Phi) is 8.53. The van der Waals surface area contributed by atoms with Gasteiger partial charge in [-0.2, -0.15) is 0 Å². The van der Waals surface area contributed by atoms with Gasteiger partial charge in [-0.3, -0.25) is 4.99 Å². The van der Waals surface area contributed by atoms with E-state index in [4.69, 9.17) is 4.74 Å². The van der Waals surface area contributed by atoms with Crippen LogP contribution in [0.2, 0.25) is 0 Å². The molecule has 0 bridgehead atoms. The molecular weight excluding hydrogens is 369 g/mol. The summed E-state index contributed by atoms with van der Waals surface area (Å²) in [5.74, 6) is 0.663. The number of benzene rings is 1. The maximum absolute atomic E-state index is 13.9. The van der Waals surface area contributed by atoms with Crippen LogP contribution in [0.5, 0.6) is 5.75 Å². The SMILES string of the molecule is CCNC(=NCC(C)(C)CCS(C)(=O)=O)N(C)Cc1ccc(OC)c(F)c1. The van der Waals surface area contributed by atoms with Gasteiger partial charge in [0.2, 0.25) is 0 Å². The van der Waals surface area contributed by atoms with Crippen LogP contribution in [0.25, 0.3) is 0 Å². The molecule has 0 saturated carbocycles.